The van der Waals surface area contributed by atoms with E-state index >= 15 is 0 Å². The lowest BCUT2D eigenvalue weighted by atomic mass is 10.2. The lowest BCUT2D eigenvalue weighted by Crippen LogP contribution is -2.40. The maximum Gasteiger partial charge on any atom is 0.328 e. The Bertz CT molecular complexity index is 571. The topological polar surface area (TPSA) is 105 Å². The molecule has 0 aliphatic rings. The fraction of sp³-hybridized carbons (Fsp3) is 0.0833. The molecule has 0 unspecified atom stereocenters. The average molecular weight is 343 g/mol. The number of amides is 2. The number of carboxylic acid groups (broad SMARTS) is 1. The second-order valence-electron chi connectivity index (χ2n) is 3.46. The summed E-state index contributed by atoms with van der Waals surface area (Å²) in [7, 11) is 1.49. The number of nitrogens with one attached hydrogen (secondary N) is 2. The molecule has 0 saturated carbocycles. The highest BCUT2D eigenvalue weighted by Gasteiger charge is 2.09. The van der Waals surface area contributed by atoms with E-state index in [-0.39, 0.29) is 0 Å². The Morgan fingerprint density at radius 1 is 1.25 bits per heavy atom. The number of benzene rings is 1. The Balaban J connectivity index is 2.61. The highest BCUT2D eigenvalue weighted by atomic mass is 79.9. The third kappa shape index (κ3) is 4.73. The Labute approximate surface area is 122 Å². The highest BCUT2D eigenvalue weighted by Crippen LogP contribution is 2.25. The predicted molar refractivity (Wildman–Crippen MR) is 73.1 cm³/mol. The molecule has 3 N–H and O–H groups in total. The Morgan fingerprint density at radius 3 is 2.50 bits per heavy atom. The van der Waals surface area contributed by atoms with Crippen molar-refractivity contribution >= 4 is 33.7 Å². The molecule has 7 nitrogen and oxygen atoms in total. The van der Waals surface area contributed by atoms with E-state index in [0.717, 1.165) is 6.08 Å². The summed E-state index contributed by atoms with van der Waals surface area (Å²) in [6, 6.07) is 4.62. The van der Waals surface area contributed by atoms with E-state index in [2.05, 4.69) is 21.4 Å². The number of halogens is 1. The number of hydrazine groups is 1. The molecule has 0 fully saturated rings. The molecule has 1 aromatic carbocycles. The summed E-state index contributed by atoms with van der Waals surface area (Å²) in [5, 5.41) is 8.33. The van der Waals surface area contributed by atoms with Crippen LogP contribution < -0.4 is 15.6 Å². The van der Waals surface area contributed by atoms with Crippen LogP contribution in [-0.2, 0) is 9.59 Å². The monoisotopic (exact) mass is 342 g/mol. The van der Waals surface area contributed by atoms with Crippen molar-refractivity contribution < 1.29 is 24.2 Å². The van der Waals surface area contributed by atoms with Gasteiger partial charge in [-0.05, 0) is 34.1 Å². The summed E-state index contributed by atoms with van der Waals surface area (Å²) >= 11 is 3.23. The van der Waals surface area contributed by atoms with Gasteiger partial charge in [-0.1, -0.05) is 0 Å². The minimum Gasteiger partial charge on any atom is -0.496 e. The molecule has 0 heterocycles. The third-order valence-corrected chi connectivity index (χ3v) is 2.71. The number of hydrogen-bond acceptors (Lipinski definition) is 4. The first-order valence-corrected chi connectivity index (χ1v) is 6.08. The number of ether oxygens (including phenoxy) is 1. The van der Waals surface area contributed by atoms with Crippen molar-refractivity contribution in [2.24, 2.45) is 0 Å². The third-order valence-electron chi connectivity index (χ3n) is 2.09. The van der Waals surface area contributed by atoms with Gasteiger partial charge in [0.05, 0.1) is 11.6 Å². The molecular weight excluding hydrogens is 332 g/mol. The van der Waals surface area contributed by atoms with Gasteiger partial charge >= 0.3 is 5.97 Å². The Hall–Kier alpha value is -2.35. The van der Waals surface area contributed by atoms with E-state index < -0.39 is 17.8 Å². The van der Waals surface area contributed by atoms with Gasteiger partial charge in [-0.3, -0.25) is 20.4 Å². The first kappa shape index (κ1) is 15.7. The largest absolute Gasteiger partial charge is 0.496 e. The Morgan fingerprint density at radius 2 is 1.95 bits per heavy atom. The summed E-state index contributed by atoms with van der Waals surface area (Å²) < 4.78 is 5.61. The van der Waals surface area contributed by atoms with Crippen LogP contribution in [0.3, 0.4) is 0 Å². The molecule has 1 aromatic rings. The van der Waals surface area contributed by atoms with Gasteiger partial charge < -0.3 is 9.84 Å². The van der Waals surface area contributed by atoms with Crippen LogP contribution in [0.2, 0.25) is 0 Å². The normalized spacial score (nSPS) is 10.1. The maximum absolute atomic E-state index is 11.7. The van der Waals surface area contributed by atoms with Crippen LogP contribution in [0.5, 0.6) is 5.75 Å². The number of hydrogen-bond donors (Lipinski definition) is 3. The predicted octanol–water partition coefficient (Wildman–Crippen LogP) is 0.859. The van der Waals surface area contributed by atoms with Crippen LogP contribution in [0, 0.1) is 0 Å². The number of carbonyl (C=O) groups excluding carboxylic acids is 2. The fourth-order valence-electron chi connectivity index (χ4n) is 1.19. The zero-order valence-electron chi connectivity index (χ0n) is 10.3. The molecule has 0 aliphatic carbocycles. The van der Waals surface area contributed by atoms with Gasteiger partial charge in [-0.2, -0.15) is 0 Å². The van der Waals surface area contributed by atoms with Gasteiger partial charge in [0.15, 0.2) is 0 Å². The summed E-state index contributed by atoms with van der Waals surface area (Å²) in [6.45, 7) is 0. The summed E-state index contributed by atoms with van der Waals surface area (Å²) in [4.78, 5) is 33.0. The summed E-state index contributed by atoms with van der Waals surface area (Å²) in [6.07, 6.45) is 1.44. The SMILES string of the molecule is COc1ccc(C(=O)NNC(=O)C=CC(=O)O)cc1Br. The standard InChI is InChI=1S/C12H11BrN2O5/c1-20-9-3-2-7(6-8(9)13)12(19)15-14-10(16)4-5-11(17)18/h2-6H,1H3,(H,14,16)(H,15,19)(H,17,18). The van der Waals surface area contributed by atoms with Crippen molar-refractivity contribution in [3.05, 3.63) is 40.4 Å². The minimum atomic E-state index is -1.26. The molecule has 0 aliphatic heterocycles. The van der Waals surface area contributed by atoms with Crippen molar-refractivity contribution in [3.8, 4) is 5.75 Å². The molecule has 0 spiro atoms. The number of aliphatic carboxylic acids is 1. The lowest BCUT2D eigenvalue weighted by Gasteiger charge is -2.07. The highest BCUT2D eigenvalue weighted by molar-refractivity contribution is 9.10. The van der Waals surface area contributed by atoms with Gasteiger partial charge in [-0.15, -0.1) is 0 Å². The summed E-state index contributed by atoms with van der Waals surface area (Å²) in [5.74, 6) is -2.00. The molecule has 0 atom stereocenters. The van der Waals surface area contributed by atoms with Crippen molar-refractivity contribution in [1.29, 1.82) is 0 Å². The zero-order valence-corrected chi connectivity index (χ0v) is 11.9. The van der Waals surface area contributed by atoms with Crippen LogP contribution in [0.25, 0.3) is 0 Å². The molecule has 0 radical (unpaired) electrons. The number of methoxy groups -OCH3 is 1. The van der Waals surface area contributed by atoms with Gasteiger partial charge in [0.2, 0.25) is 0 Å². The molecule has 0 aromatic heterocycles. The van der Waals surface area contributed by atoms with Gasteiger partial charge in [-0.25, -0.2) is 4.79 Å². The smallest absolute Gasteiger partial charge is 0.328 e. The van der Waals surface area contributed by atoms with Crippen molar-refractivity contribution in [2.75, 3.05) is 7.11 Å². The second kappa shape index (κ2) is 7.29. The first-order chi connectivity index (χ1) is 9.43. The van der Waals surface area contributed by atoms with Crippen LogP contribution >= 0.6 is 15.9 Å². The van der Waals surface area contributed by atoms with E-state index in [4.69, 9.17) is 9.84 Å². The summed E-state index contributed by atoms with van der Waals surface area (Å²) in [5.41, 5.74) is 4.48. The fourth-order valence-corrected chi connectivity index (χ4v) is 1.73. The molecule has 1 rings (SSSR count). The van der Waals surface area contributed by atoms with Gasteiger partial charge in [0.1, 0.15) is 5.75 Å². The average Bonchev–Trinajstić information content (AvgIpc) is 2.42. The van der Waals surface area contributed by atoms with Crippen molar-refractivity contribution in [1.82, 2.24) is 10.9 Å². The lowest BCUT2D eigenvalue weighted by molar-refractivity contribution is -0.131. The molecule has 0 bridgehead atoms. The Kier molecular flexibility index (Phi) is 5.73. The van der Waals surface area contributed by atoms with Crippen LogP contribution in [0.4, 0.5) is 0 Å². The molecule has 8 heteroatoms. The zero-order chi connectivity index (χ0) is 15.1. The van der Waals surface area contributed by atoms with E-state index in [1.807, 2.05) is 5.43 Å². The second-order valence-corrected chi connectivity index (χ2v) is 4.32. The van der Waals surface area contributed by atoms with Crippen LogP contribution in [0.1, 0.15) is 10.4 Å². The maximum atomic E-state index is 11.7. The number of carbonyl (C=O) groups is 3. The quantitative estimate of drug-likeness (QED) is 0.556. The molecule has 2 amide bonds. The molecule has 106 valence electrons. The number of carboxylic acids is 1. The van der Waals surface area contributed by atoms with Crippen molar-refractivity contribution in [2.45, 2.75) is 0 Å². The molecular formula is C12H11BrN2O5. The van der Waals surface area contributed by atoms with E-state index in [1.165, 1.54) is 19.2 Å². The van der Waals surface area contributed by atoms with E-state index in [9.17, 15) is 14.4 Å². The van der Waals surface area contributed by atoms with Crippen molar-refractivity contribution in [3.63, 3.8) is 0 Å². The van der Waals surface area contributed by atoms with E-state index in [0.29, 0.717) is 21.9 Å². The molecule has 0 saturated heterocycles. The van der Waals surface area contributed by atoms with E-state index in [1.54, 1.807) is 6.07 Å². The first-order valence-electron chi connectivity index (χ1n) is 5.29. The number of rotatable bonds is 4. The van der Waals surface area contributed by atoms with Gasteiger partial charge in [0, 0.05) is 17.7 Å². The molecule has 20 heavy (non-hydrogen) atoms. The van der Waals surface area contributed by atoms with Crippen LogP contribution in [-0.4, -0.2) is 30.0 Å². The van der Waals surface area contributed by atoms with Gasteiger partial charge in [0.25, 0.3) is 11.8 Å². The van der Waals surface area contributed by atoms with Crippen LogP contribution in [0.15, 0.2) is 34.8 Å². The minimum absolute atomic E-state index is 0.292.